The average Bonchev–Trinajstić information content (AvgIpc) is 2.99. The molecule has 1 heterocycles. The summed E-state index contributed by atoms with van der Waals surface area (Å²) in [6.45, 7) is 0.730. The van der Waals surface area contributed by atoms with Gasteiger partial charge in [-0.2, -0.15) is 0 Å². The van der Waals surface area contributed by atoms with E-state index in [9.17, 15) is 0 Å². The summed E-state index contributed by atoms with van der Waals surface area (Å²) in [7, 11) is 5.48. The predicted molar refractivity (Wildman–Crippen MR) is 103 cm³/mol. The minimum absolute atomic E-state index is 0.730. The first-order valence-corrected chi connectivity index (χ1v) is 9.29. The lowest BCUT2D eigenvalue weighted by atomic mass is 9.85. The molecule has 25 heavy (non-hydrogen) atoms. The van der Waals surface area contributed by atoms with Gasteiger partial charge in [-0.15, -0.1) is 0 Å². The van der Waals surface area contributed by atoms with Gasteiger partial charge in [0, 0.05) is 31.4 Å². The summed E-state index contributed by atoms with van der Waals surface area (Å²) in [5.74, 6) is 3.69. The third-order valence-corrected chi connectivity index (χ3v) is 5.26. The minimum atomic E-state index is 0.730. The van der Waals surface area contributed by atoms with E-state index in [1.165, 1.54) is 44.1 Å². The van der Waals surface area contributed by atoms with Crippen LogP contribution in [-0.2, 0) is 20.0 Å². The summed E-state index contributed by atoms with van der Waals surface area (Å²) in [5, 5.41) is 3.54. The number of aryl methyl sites for hydroxylation is 1. The lowest BCUT2D eigenvalue weighted by Crippen LogP contribution is -2.08. The maximum Gasteiger partial charge on any atom is 0.127 e. The highest BCUT2D eigenvalue weighted by Crippen LogP contribution is 2.29. The number of nitrogens with one attached hydrogen (secondary N) is 1. The quantitative estimate of drug-likeness (QED) is 0.787. The van der Waals surface area contributed by atoms with Crippen molar-refractivity contribution in [3.05, 3.63) is 41.6 Å². The Hall–Kier alpha value is -2.10. The van der Waals surface area contributed by atoms with Gasteiger partial charge in [0.2, 0.25) is 0 Å². The Morgan fingerprint density at radius 1 is 1.08 bits per heavy atom. The zero-order valence-corrected chi connectivity index (χ0v) is 15.7. The Kier molecular flexibility index (Phi) is 5.90. The fourth-order valence-corrected chi connectivity index (χ4v) is 3.83. The largest absolute Gasteiger partial charge is 0.497 e. The number of ether oxygens (including phenoxy) is 2. The van der Waals surface area contributed by atoms with E-state index in [-0.39, 0.29) is 0 Å². The molecule has 4 nitrogen and oxygen atoms in total. The molecule has 0 unspecified atom stereocenters. The van der Waals surface area contributed by atoms with Gasteiger partial charge in [0.25, 0.3) is 0 Å². The molecule has 0 spiro atoms. The van der Waals surface area contributed by atoms with Crippen LogP contribution in [0.3, 0.4) is 0 Å². The van der Waals surface area contributed by atoms with E-state index < -0.39 is 0 Å². The molecule has 1 aromatic heterocycles. The summed E-state index contributed by atoms with van der Waals surface area (Å²) >= 11 is 0. The predicted octanol–water partition coefficient (Wildman–Crippen LogP) is 4.78. The van der Waals surface area contributed by atoms with Crippen molar-refractivity contribution < 1.29 is 9.47 Å². The third-order valence-electron chi connectivity index (χ3n) is 5.26. The molecule has 0 atom stereocenters. The summed E-state index contributed by atoms with van der Waals surface area (Å²) in [5.41, 5.74) is 2.57. The zero-order chi connectivity index (χ0) is 17.6. The molecule has 2 aromatic rings. The lowest BCUT2D eigenvalue weighted by Gasteiger charge is -2.20. The number of hydrogen-bond acceptors (Lipinski definition) is 3. The number of hydrogen-bond donors (Lipinski definition) is 1. The maximum atomic E-state index is 5.49. The summed E-state index contributed by atoms with van der Waals surface area (Å²) < 4.78 is 12.9. The van der Waals surface area contributed by atoms with Crippen LogP contribution in [-0.4, -0.2) is 18.8 Å². The van der Waals surface area contributed by atoms with Gasteiger partial charge in [-0.05, 0) is 36.1 Å². The van der Waals surface area contributed by atoms with Crippen molar-refractivity contribution in [1.29, 1.82) is 0 Å². The van der Waals surface area contributed by atoms with E-state index in [0.717, 1.165) is 35.3 Å². The van der Waals surface area contributed by atoms with Crippen LogP contribution in [0, 0.1) is 5.92 Å². The highest BCUT2D eigenvalue weighted by atomic mass is 16.5. The molecule has 1 fully saturated rings. The molecule has 1 N–H and O–H groups in total. The molecule has 1 aromatic carbocycles. The van der Waals surface area contributed by atoms with Crippen LogP contribution in [0.15, 0.2) is 30.5 Å². The first kappa shape index (κ1) is 17.7. The zero-order valence-electron chi connectivity index (χ0n) is 15.7. The standard InChI is InChI=1S/C21H30N2O2/c1-23-15-17(11-16-7-5-4-6-8-16)12-21(23)22-14-18-9-10-19(24-2)13-20(18)25-3/h9-10,12-13,15-16,22H,4-8,11,14H2,1-3H3. The SMILES string of the molecule is COc1ccc(CNc2cc(CC3CCCCC3)cn2C)c(OC)c1. The van der Waals surface area contributed by atoms with Crippen LogP contribution < -0.4 is 14.8 Å². The first-order chi connectivity index (χ1) is 12.2. The Bertz CT molecular complexity index is 687. The fourth-order valence-electron chi connectivity index (χ4n) is 3.83. The van der Waals surface area contributed by atoms with Crippen molar-refractivity contribution >= 4 is 5.82 Å². The highest BCUT2D eigenvalue weighted by molar-refractivity contribution is 5.46. The number of benzene rings is 1. The van der Waals surface area contributed by atoms with Gasteiger partial charge in [0.15, 0.2) is 0 Å². The third kappa shape index (κ3) is 4.50. The van der Waals surface area contributed by atoms with Gasteiger partial charge in [0.05, 0.1) is 14.2 Å². The Balaban J connectivity index is 1.63. The van der Waals surface area contributed by atoms with E-state index in [1.54, 1.807) is 14.2 Å². The molecule has 1 aliphatic rings. The van der Waals surface area contributed by atoms with E-state index in [1.807, 2.05) is 12.1 Å². The lowest BCUT2D eigenvalue weighted by molar-refractivity contribution is 0.356. The monoisotopic (exact) mass is 342 g/mol. The molecule has 1 aliphatic carbocycles. The van der Waals surface area contributed by atoms with Crippen LogP contribution in [0.1, 0.15) is 43.2 Å². The van der Waals surface area contributed by atoms with E-state index in [4.69, 9.17) is 9.47 Å². The second-order valence-corrected chi connectivity index (χ2v) is 7.08. The van der Waals surface area contributed by atoms with E-state index >= 15 is 0 Å². The van der Waals surface area contributed by atoms with Crippen LogP contribution in [0.5, 0.6) is 11.5 Å². The molecular formula is C21H30N2O2. The van der Waals surface area contributed by atoms with Crippen LogP contribution in [0.25, 0.3) is 0 Å². The van der Waals surface area contributed by atoms with Crippen LogP contribution in [0.2, 0.25) is 0 Å². The van der Waals surface area contributed by atoms with Gasteiger partial charge >= 0.3 is 0 Å². The van der Waals surface area contributed by atoms with Gasteiger partial charge in [-0.3, -0.25) is 0 Å². The average molecular weight is 342 g/mol. The molecule has 0 bridgehead atoms. The van der Waals surface area contributed by atoms with Gasteiger partial charge in [-0.1, -0.05) is 32.1 Å². The van der Waals surface area contributed by atoms with E-state index in [2.05, 4.69) is 35.3 Å². The topological polar surface area (TPSA) is 35.4 Å². The van der Waals surface area contributed by atoms with E-state index in [0.29, 0.717) is 0 Å². The van der Waals surface area contributed by atoms with Crippen molar-refractivity contribution in [3.8, 4) is 11.5 Å². The van der Waals surface area contributed by atoms with Gasteiger partial charge in [0.1, 0.15) is 17.3 Å². The molecule has 0 aliphatic heterocycles. The number of aromatic nitrogens is 1. The normalized spacial score (nSPS) is 15.2. The summed E-state index contributed by atoms with van der Waals surface area (Å²) in [4.78, 5) is 0. The molecule has 0 amide bonds. The Labute approximate surface area is 151 Å². The second kappa shape index (κ2) is 8.32. The minimum Gasteiger partial charge on any atom is -0.497 e. The van der Waals surface area contributed by atoms with Crippen molar-refractivity contribution in [2.24, 2.45) is 13.0 Å². The summed E-state index contributed by atoms with van der Waals surface area (Å²) in [6.07, 6.45) is 10.5. The molecule has 4 heteroatoms. The van der Waals surface area contributed by atoms with Gasteiger partial charge < -0.3 is 19.4 Å². The van der Waals surface area contributed by atoms with Crippen molar-refractivity contribution in [3.63, 3.8) is 0 Å². The molecule has 136 valence electrons. The molecule has 0 radical (unpaired) electrons. The van der Waals surface area contributed by atoms with Crippen molar-refractivity contribution in [1.82, 2.24) is 4.57 Å². The number of methoxy groups -OCH3 is 2. The van der Waals surface area contributed by atoms with Gasteiger partial charge in [-0.25, -0.2) is 0 Å². The van der Waals surface area contributed by atoms with Crippen molar-refractivity contribution in [2.45, 2.75) is 45.1 Å². The maximum absolute atomic E-state index is 5.49. The van der Waals surface area contributed by atoms with Crippen molar-refractivity contribution in [2.75, 3.05) is 19.5 Å². The highest BCUT2D eigenvalue weighted by Gasteiger charge is 2.15. The Morgan fingerprint density at radius 2 is 1.88 bits per heavy atom. The smallest absolute Gasteiger partial charge is 0.127 e. The fraction of sp³-hybridized carbons (Fsp3) is 0.524. The Morgan fingerprint density at radius 3 is 2.60 bits per heavy atom. The molecule has 3 rings (SSSR count). The molecule has 1 saturated carbocycles. The summed E-state index contributed by atoms with van der Waals surface area (Å²) in [6, 6.07) is 8.25. The number of nitrogens with zero attached hydrogens (tertiary/aromatic N) is 1. The number of anilines is 1. The molecular weight excluding hydrogens is 312 g/mol. The van der Waals surface area contributed by atoms with Crippen LogP contribution in [0.4, 0.5) is 5.82 Å². The first-order valence-electron chi connectivity index (χ1n) is 9.29. The van der Waals surface area contributed by atoms with Crippen LogP contribution >= 0.6 is 0 Å². The molecule has 0 saturated heterocycles. The second-order valence-electron chi connectivity index (χ2n) is 7.08. The number of rotatable bonds is 7.